The summed E-state index contributed by atoms with van der Waals surface area (Å²) in [6.45, 7) is 5.40. The minimum atomic E-state index is -0.0143. The van der Waals surface area contributed by atoms with Crippen LogP contribution in [0.2, 0.25) is 0 Å². The molecular weight excluding hydrogens is 350 g/mol. The average Bonchev–Trinajstić information content (AvgIpc) is 2.98. The third kappa shape index (κ3) is 3.94. The first kappa shape index (κ1) is 18.7. The summed E-state index contributed by atoms with van der Waals surface area (Å²) in [5, 5.41) is 0.649. The van der Waals surface area contributed by atoms with Gasteiger partial charge in [0.15, 0.2) is 0 Å². The second-order valence-corrected chi connectivity index (χ2v) is 7.30. The van der Waals surface area contributed by atoms with Gasteiger partial charge in [-0.1, -0.05) is 25.0 Å². The molecule has 1 aromatic heterocycles. The van der Waals surface area contributed by atoms with Gasteiger partial charge in [-0.25, -0.2) is 4.98 Å². The summed E-state index contributed by atoms with van der Waals surface area (Å²) in [6.07, 6.45) is 4.99. The van der Waals surface area contributed by atoms with Crippen LogP contribution >= 0.6 is 0 Å². The van der Waals surface area contributed by atoms with Gasteiger partial charge in [0, 0.05) is 0 Å². The number of benzene rings is 2. The predicted molar refractivity (Wildman–Crippen MR) is 112 cm³/mol. The summed E-state index contributed by atoms with van der Waals surface area (Å²) in [5.74, 6) is 1.61. The van der Waals surface area contributed by atoms with Gasteiger partial charge < -0.3 is 4.74 Å². The van der Waals surface area contributed by atoms with Crippen molar-refractivity contribution in [3.05, 3.63) is 64.7 Å². The van der Waals surface area contributed by atoms with Crippen molar-refractivity contribution >= 4 is 10.9 Å². The Morgan fingerprint density at radius 1 is 0.964 bits per heavy atom. The fourth-order valence-corrected chi connectivity index (χ4v) is 3.90. The molecule has 0 radical (unpaired) electrons. The smallest absolute Gasteiger partial charge is 0.266 e. The highest BCUT2D eigenvalue weighted by Crippen LogP contribution is 2.19. The Morgan fingerprint density at radius 3 is 2.39 bits per heavy atom. The molecule has 1 aliphatic heterocycles. The average molecular weight is 377 g/mol. The molecule has 1 saturated heterocycles. The van der Waals surface area contributed by atoms with Crippen LogP contribution in [0, 0.1) is 0 Å². The van der Waals surface area contributed by atoms with E-state index in [9.17, 15) is 4.79 Å². The molecule has 0 amide bonds. The minimum absolute atomic E-state index is 0.0143. The van der Waals surface area contributed by atoms with Crippen molar-refractivity contribution in [1.82, 2.24) is 14.5 Å². The van der Waals surface area contributed by atoms with Gasteiger partial charge in [0.1, 0.15) is 11.6 Å². The number of likely N-dealkylation sites (tertiary alicyclic amines) is 1. The first-order chi connectivity index (χ1) is 13.8. The van der Waals surface area contributed by atoms with Crippen molar-refractivity contribution in [2.24, 2.45) is 0 Å². The number of ether oxygens (including phenoxy) is 1. The van der Waals surface area contributed by atoms with Gasteiger partial charge in [-0.2, -0.15) is 0 Å². The molecule has 0 unspecified atom stereocenters. The molecule has 0 saturated carbocycles. The Balaban J connectivity index is 1.79. The van der Waals surface area contributed by atoms with E-state index in [0.29, 0.717) is 18.5 Å². The normalized spacial score (nSPS) is 15.5. The molecule has 146 valence electrons. The number of fused-ring (bicyclic) bond motifs is 1. The summed E-state index contributed by atoms with van der Waals surface area (Å²) in [5.41, 5.74) is 1.58. The van der Waals surface area contributed by atoms with Gasteiger partial charge in [0.25, 0.3) is 5.56 Å². The maximum absolute atomic E-state index is 13.3. The molecule has 2 aromatic carbocycles. The first-order valence-corrected chi connectivity index (χ1v) is 10.2. The Morgan fingerprint density at radius 2 is 1.68 bits per heavy atom. The monoisotopic (exact) mass is 377 g/mol. The second-order valence-electron chi connectivity index (χ2n) is 7.30. The van der Waals surface area contributed by atoms with E-state index in [1.165, 1.54) is 25.7 Å². The SMILES string of the molecule is CCOc1ccc(-n2c(CN3CCCCCC3)nc3ccccc3c2=O)cc1. The number of rotatable bonds is 5. The molecule has 2 heterocycles. The van der Waals surface area contributed by atoms with E-state index in [2.05, 4.69) is 4.90 Å². The van der Waals surface area contributed by atoms with Crippen LogP contribution in [0.1, 0.15) is 38.4 Å². The summed E-state index contributed by atoms with van der Waals surface area (Å²) in [4.78, 5) is 20.7. The second kappa shape index (κ2) is 8.57. The number of hydrogen-bond acceptors (Lipinski definition) is 4. The molecule has 0 atom stereocenters. The molecular formula is C23H27N3O2. The van der Waals surface area contributed by atoms with E-state index in [1.807, 2.05) is 55.5 Å². The van der Waals surface area contributed by atoms with Crippen LogP contribution in [-0.4, -0.2) is 34.1 Å². The largest absolute Gasteiger partial charge is 0.494 e. The van der Waals surface area contributed by atoms with Crippen LogP contribution in [0.4, 0.5) is 0 Å². The van der Waals surface area contributed by atoms with Crippen LogP contribution in [0.25, 0.3) is 16.6 Å². The Bertz CT molecular complexity index is 987. The third-order valence-corrected chi connectivity index (χ3v) is 5.31. The van der Waals surface area contributed by atoms with Crippen molar-refractivity contribution in [2.45, 2.75) is 39.2 Å². The van der Waals surface area contributed by atoms with Gasteiger partial charge in [0.05, 0.1) is 29.7 Å². The van der Waals surface area contributed by atoms with Crippen molar-refractivity contribution in [1.29, 1.82) is 0 Å². The van der Waals surface area contributed by atoms with Crippen molar-refractivity contribution in [3.63, 3.8) is 0 Å². The zero-order valence-electron chi connectivity index (χ0n) is 16.4. The molecule has 0 spiro atoms. The highest BCUT2D eigenvalue weighted by Gasteiger charge is 2.17. The molecule has 5 heteroatoms. The van der Waals surface area contributed by atoms with E-state index >= 15 is 0 Å². The van der Waals surface area contributed by atoms with Crippen molar-refractivity contribution in [3.8, 4) is 11.4 Å². The van der Waals surface area contributed by atoms with Crippen molar-refractivity contribution in [2.75, 3.05) is 19.7 Å². The van der Waals surface area contributed by atoms with Crippen LogP contribution < -0.4 is 10.3 Å². The zero-order valence-corrected chi connectivity index (χ0v) is 16.4. The van der Waals surface area contributed by atoms with Crippen LogP contribution in [0.5, 0.6) is 5.75 Å². The topological polar surface area (TPSA) is 47.4 Å². The van der Waals surface area contributed by atoms with Gasteiger partial charge >= 0.3 is 0 Å². The van der Waals surface area contributed by atoms with Gasteiger partial charge in [0.2, 0.25) is 0 Å². The summed E-state index contributed by atoms with van der Waals surface area (Å²) in [7, 11) is 0. The lowest BCUT2D eigenvalue weighted by Crippen LogP contribution is -2.31. The molecule has 28 heavy (non-hydrogen) atoms. The van der Waals surface area contributed by atoms with Gasteiger partial charge in [-0.05, 0) is 69.3 Å². The molecule has 0 aliphatic carbocycles. The van der Waals surface area contributed by atoms with Gasteiger partial charge in [-0.3, -0.25) is 14.3 Å². The summed E-state index contributed by atoms with van der Waals surface area (Å²) >= 11 is 0. The van der Waals surface area contributed by atoms with Crippen LogP contribution in [0.15, 0.2) is 53.3 Å². The summed E-state index contributed by atoms with van der Waals surface area (Å²) < 4.78 is 7.32. The Labute approximate surface area is 165 Å². The predicted octanol–water partition coefficient (Wildman–Crippen LogP) is 4.16. The fraction of sp³-hybridized carbons (Fsp3) is 0.391. The molecule has 3 aromatic rings. The lowest BCUT2D eigenvalue weighted by atomic mass is 10.2. The molecule has 0 bridgehead atoms. The minimum Gasteiger partial charge on any atom is -0.494 e. The van der Waals surface area contributed by atoms with Crippen LogP contribution in [-0.2, 0) is 6.54 Å². The third-order valence-electron chi connectivity index (χ3n) is 5.31. The first-order valence-electron chi connectivity index (χ1n) is 10.2. The molecule has 1 aliphatic rings. The van der Waals surface area contributed by atoms with Crippen molar-refractivity contribution < 1.29 is 4.74 Å². The lowest BCUT2D eigenvalue weighted by Gasteiger charge is -2.22. The van der Waals surface area contributed by atoms with E-state index in [-0.39, 0.29) is 5.56 Å². The number of nitrogens with zero attached hydrogens (tertiary/aromatic N) is 3. The van der Waals surface area contributed by atoms with Crippen LogP contribution in [0.3, 0.4) is 0 Å². The number of para-hydroxylation sites is 1. The zero-order chi connectivity index (χ0) is 19.3. The van der Waals surface area contributed by atoms with E-state index < -0.39 is 0 Å². The maximum Gasteiger partial charge on any atom is 0.266 e. The standard InChI is InChI=1S/C23H27N3O2/c1-2-28-19-13-11-18(12-14-19)26-22(17-25-15-7-3-4-8-16-25)24-21-10-6-5-9-20(21)23(26)27/h5-6,9-14H,2-4,7-8,15-17H2,1H3. The highest BCUT2D eigenvalue weighted by atomic mass is 16.5. The maximum atomic E-state index is 13.3. The van der Waals surface area contributed by atoms with E-state index in [0.717, 1.165) is 35.9 Å². The molecule has 1 fully saturated rings. The summed E-state index contributed by atoms with van der Waals surface area (Å²) in [6, 6.07) is 15.3. The fourth-order valence-electron chi connectivity index (χ4n) is 3.90. The highest BCUT2D eigenvalue weighted by molar-refractivity contribution is 5.77. The Kier molecular flexibility index (Phi) is 5.72. The number of hydrogen-bond donors (Lipinski definition) is 0. The van der Waals surface area contributed by atoms with Gasteiger partial charge in [-0.15, -0.1) is 0 Å². The number of aromatic nitrogens is 2. The lowest BCUT2D eigenvalue weighted by molar-refractivity contribution is 0.268. The van der Waals surface area contributed by atoms with E-state index in [1.54, 1.807) is 4.57 Å². The molecule has 5 nitrogen and oxygen atoms in total. The molecule has 0 N–H and O–H groups in total. The van der Waals surface area contributed by atoms with E-state index in [4.69, 9.17) is 9.72 Å². The Hall–Kier alpha value is -2.66. The molecule has 4 rings (SSSR count). The quantitative estimate of drug-likeness (QED) is 0.670.